The monoisotopic (exact) mass is 350 g/mol. The first-order valence-electron chi connectivity index (χ1n) is 7.86. The van der Waals surface area contributed by atoms with Gasteiger partial charge in [0.2, 0.25) is 11.8 Å². The maximum absolute atomic E-state index is 12.3. The summed E-state index contributed by atoms with van der Waals surface area (Å²) in [5.41, 5.74) is 1.83. The maximum atomic E-state index is 12.3. The van der Waals surface area contributed by atoms with Crippen LogP contribution in [0.5, 0.6) is 0 Å². The quantitative estimate of drug-likeness (QED) is 0.750. The predicted octanol–water partition coefficient (Wildman–Crippen LogP) is 2.13. The van der Waals surface area contributed by atoms with Gasteiger partial charge in [0.05, 0.1) is 11.5 Å². The van der Waals surface area contributed by atoms with E-state index in [2.05, 4.69) is 5.32 Å². The van der Waals surface area contributed by atoms with Crippen LogP contribution in [0.3, 0.4) is 0 Å². The van der Waals surface area contributed by atoms with Gasteiger partial charge in [-0.15, -0.1) is 11.8 Å². The number of carbonyl (C=O) groups is 3. The van der Waals surface area contributed by atoms with E-state index < -0.39 is 12.0 Å². The summed E-state index contributed by atoms with van der Waals surface area (Å²) in [6.07, 6.45) is 1.70. The molecule has 7 heteroatoms. The summed E-state index contributed by atoms with van der Waals surface area (Å²) in [4.78, 5) is 36.7. The third-order valence-electron chi connectivity index (χ3n) is 3.80. The van der Waals surface area contributed by atoms with Crippen LogP contribution in [0, 0.1) is 6.92 Å². The van der Waals surface area contributed by atoms with E-state index in [4.69, 9.17) is 5.11 Å². The highest BCUT2D eigenvalue weighted by Gasteiger charge is 2.38. The van der Waals surface area contributed by atoms with Crippen LogP contribution in [0.2, 0.25) is 0 Å². The van der Waals surface area contributed by atoms with Crippen molar-refractivity contribution in [3.8, 4) is 0 Å². The lowest BCUT2D eigenvalue weighted by atomic mass is 10.2. The number of carboxylic acids is 1. The van der Waals surface area contributed by atoms with E-state index >= 15 is 0 Å². The minimum atomic E-state index is -1.00. The topological polar surface area (TPSA) is 86.7 Å². The Bertz CT molecular complexity index is 614. The van der Waals surface area contributed by atoms with Crippen LogP contribution in [0.1, 0.15) is 25.3 Å². The molecule has 0 radical (unpaired) electrons. The molecule has 2 rings (SSSR count). The van der Waals surface area contributed by atoms with E-state index in [9.17, 15) is 14.4 Å². The number of anilines is 1. The highest BCUT2D eigenvalue weighted by molar-refractivity contribution is 8.00. The lowest BCUT2D eigenvalue weighted by molar-refractivity contribution is -0.148. The number of carbonyl (C=O) groups excluding carboxylic acids is 2. The first-order valence-corrected chi connectivity index (χ1v) is 9.02. The number of aliphatic carboxylic acids is 1. The Balaban J connectivity index is 1.77. The van der Waals surface area contributed by atoms with Crippen molar-refractivity contribution < 1.29 is 19.5 Å². The van der Waals surface area contributed by atoms with Crippen molar-refractivity contribution in [3.63, 3.8) is 0 Å². The average Bonchev–Trinajstić information content (AvgIpc) is 3.34. The second-order valence-electron chi connectivity index (χ2n) is 5.95. The molecule has 2 amide bonds. The molecular formula is C17H22N2O4S. The number of nitrogens with zero attached hydrogens (tertiary/aromatic N) is 1. The summed E-state index contributed by atoms with van der Waals surface area (Å²) >= 11 is 1.20. The molecule has 1 aromatic rings. The fraction of sp³-hybridized carbons (Fsp3) is 0.471. The van der Waals surface area contributed by atoms with Crippen molar-refractivity contribution in [1.29, 1.82) is 0 Å². The van der Waals surface area contributed by atoms with Crippen LogP contribution in [0.15, 0.2) is 24.3 Å². The minimum Gasteiger partial charge on any atom is -0.480 e. The first kappa shape index (κ1) is 18.3. The average molecular weight is 350 g/mol. The van der Waals surface area contributed by atoms with Gasteiger partial charge in [-0.3, -0.25) is 9.59 Å². The van der Waals surface area contributed by atoms with Crippen LogP contribution in [-0.2, 0) is 14.4 Å². The van der Waals surface area contributed by atoms with Crippen LogP contribution in [0.25, 0.3) is 0 Å². The molecule has 0 aromatic heterocycles. The Morgan fingerprint density at radius 3 is 2.42 bits per heavy atom. The molecule has 0 aliphatic heterocycles. The van der Waals surface area contributed by atoms with Gasteiger partial charge in [-0.25, -0.2) is 4.79 Å². The molecule has 130 valence electrons. The van der Waals surface area contributed by atoms with Crippen LogP contribution < -0.4 is 5.32 Å². The Kier molecular flexibility index (Phi) is 6.25. The highest BCUT2D eigenvalue weighted by Crippen LogP contribution is 2.29. The fourth-order valence-electron chi connectivity index (χ4n) is 2.35. The number of amides is 2. The molecule has 1 saturated carbocycles. The van der Waals surface area contributed by atoms with Gasteiger partial charge in [0, 0.05) is 11.7 Å². The number of thioether (sulfide) groups is 1. The standard InChI is InChI=1S/C17H22N2O4S/c1-11-3-5-13(6-4-11)18-15(20)9-24-10-16(21)19(14-7-8-14)12(2)17(22)23/h3-6,12,14H,7-10H2,1-2H3,(H,18,20)(H,22,23). The zero-order valence-electron chi connectivity index (χ0n) is 13.8. The number of nitrogens with one attached hydrogen (secondary N) is 1. The van der Waals surface area contributed by atoms with Crippen molar-refractivity contribution in [2.75, 3.05) is 16.8 Å². The molecule has 1 fully saturated rings. The van der Waals surface area contributed by atoms with Gasteiger partial charge in [-0.2, -0.15) is 0 Å². The zero-order chi connectivity index (χ0) is 17.7. The van der Waals surface area contributed by atoms with Gasteiger partial charge in [-0.1, -0.05) is 17.7 Å². The maximum Gasteiger partial charge on any atom is 0.326 e. The molecule has 6 nitrogen and oxygen atoms in total. The van der Waals surface area contributed by atoms with Gasteiger partial charge < -0.3 is 15.3 Å². The SMILES string of the molecule is Cc1ccc(NC(=O)CSCC(=O)N(C2CC2)C(C)C(=O)O)cc1. The molecule has 2 N–H and O–H groups in total. The van der Waals surface area contributed by atoms with Crippen molar-refractivity contribution in [1.82, 2.24) is 4.90 Å². The van der Waals surface area contributed by atoms with E-state index in [-0.39, 0.29) is 29.4 Å². The lowest BCUT2D eigenvalue weighted by Gasteiger charge is -2.26. The molecule has 1 aliphatic rings. The predicted molar refractivity (Wildman–Crippen MR) is 94.1 cm³/mol. The van der Waals surface area contributed by atoms with Gasteiger partial charge in [0.15, 0.2) is 0 Å². The number of hydrogen-bond acceptors (Lipinski definition) is 4. The van der Waals surface area contributed by atoms with E-state index in [0.29, 0.717) is 0 Å². The van der Waals surface area contributed by atoms with E-state index in [1.165, 1.54) is 23.6 Å². The normalized spacial score (nSPS) is 14.8. The van der Waals surface area contributed by atoms with Crippen LogP contribution >= 0.6 is 11.8 Å². The Morgan fingerprint density at radius 2 is 1.88 bits per heavy atom. The van der Waals surface area contributed by atoms with E-state index in [1.54, 1.807) is 0 Å². The summed E-state index contributed by atoms with van der Waals surface area (Å²) < 4.78 is 0. The van der Waals surface area contributed by atoms with Gasteiger partial charge >= 0.3 is 5.97 Å². The molecule has 0 spiro atoms. The number of hydrogen-bond donors (Lipinski definition) is 2. The van der Waals surface area contributed by atoms with E-state index in [0.717, 1.165) is 24.1 Å². The molecule has 1 unspecified atom stereocenters. The zero-order valence-corrected chi connectivity index (χ0v) is 14.6. The first-order chi connectivity index (χ1) is 11.4. The molecule has 1 aromatic carbocycles. The third-order valence-corrected chi connectivity index (χ3v) is 4.71. The molecule has 1 atom stereocenters. The summed E-state index contributed by atoms with van der Waals surface area (Å²) in [5, 5.41) is 11.9. The molecule has 24 heavy (non-hydrogen) atoms. The largest absolute Gasteiger partial charge is 0.480 e. The van der Waals surface area contributed by atoms with Crippen molar-refractivity contribution >= 4 is 35.2 Å². The van der Waals surface area contributed by atoms with Crippen molar-refractivity contribution in [2.24, 2.45) is 0 Å². The van der Waals surface area contributed by atoms with Crippen molar-refractivity contribution in [2.45, 2.75) is 38.8 Å². The fourth-order valence-corrected chi connectivity index (χ4v) is 3.03. The Hall–Kier alpha value is -2.02. The number of benzene rings is 1. The number of rotatable bonds is 8. The third kappa shape index (κ3) is 5.26. The van der Waals surface area contributed by atoms with Gasteiger partial charge in [-0.05, 0) is 38.8 Å². The van der Waals surface area contributed by atoms with Gasteiger partial charge in [0.25, 0.3) is 0 Å². The van der Waals surface area contributed by atoms with Crippen LogP contribution in [-0.4, -0.2) is 51.4 Å². The molecule has 0 saturated heterocycles. The van der Waals surface area contributed by atoms with Crippen molar-refractivity contribution in [3.05, 3.63) is 29.8 Å². The molecule has 0 bridgehead atoms. The Labute approximate surface area is 145 Å². The van der Waals surface area contributed by atoms with E-state index in [1.807, 2.05) is 31.2 Å². The molecular weight excluding hydrogens is 328 g/mol. The smallest absolute Gasteiger partial charge is 0.326 e. The number of carboxylic acid groups (broad SMARTS) is 1. The summed E-state index contributed by atoms with van der Waals surface area (Å²) in [6, 6.07) is 6.68. The van der Waals surface area contributed by atoms with Crippen LogP contribution in [0.4, 0.5) is 5.69 Å². The molecule has 0 heterocycles. The number of aryl methyl sites for hydroxylation is 1. The highest BCUT2D eigenvalue weighted by atomic mass is 32.2. The second-order valence-corrected chi connectivity index (χ2v) is 6.94. The Morgan fingerprint density at radius 1 is 1.25 bits per heavy atom. The lowest BCUT2D eigenvalue weighted by Crippen LogP contribution is -2.45. The second kappa shape index (κ2) is 8.19. The summed E-state index contributed by atoms with van der Waals surface area (Å²) in [5.74, 6) is -1.14. The molecule has 1 aliphatic carbocycles. The summed E-state index contributed by atoms with van der Waals surface area (Å²) in [7, 11) is 0. The summed E-state index contributed by atoms with van der Waals surface area (Å²) in [6.45, 7) is 3.49. The van der Waals surface area contributed by atoms with Gasteiger partial charge in [0.1, 0.15) is 6.04 Å². The minimum absolute atomic E-state index is 0.0329.